The van der Waals surface area contributed by atoms with Crippen LogP contribution < -0.4 is 26.8 Å². The zero-order valence-corrected chi connectivity index (χ0v) is 28.5. The Morgan fingerprint density at radius 2 is 2.00 bits per heavy atom. The Bertz CT molecular complexity index is 1800. The maximum atomic E-state index is 13.5. The molecule has 20 heteroatoms. The van der Waals surface area contributed by atoms with Crippen LogP contribution in [0.1, 0.15) is 69.7 Å². The Morgan fingerprint density at radius 1 is 1.27 bits per heavy atom. The standard InChI is InChI=1S/C29H38N8O10S2/c1-28(2)22(25(39)37(28)47-49(42,43)44)35-24(38)21(18-13-48-27(32)34-18)36-46-29(3,26(40)41)20-10-8-14-11-15(7-9-19(14)45-20)23(31)33-17-6-4-5-16(30)12-17/h7,9,11,13,16-17,20,22H,4-6,8,10,12,30H2,1-3H3,(H2,31,33)(H2,32,34)(H,35,38)(H,40,41)(H,42,43,44)/t16-,17-,20?,22?,29?/m1/s1. The molecular weight excluding hydrogens is 684 g/mol. The molecule has 3 heterocycles. The molecule has 2 amide bonds. The van der Waals surface area contributed by atoms with Crippen LogP contribution in [0.4, 0.5) is 5.13 Å². The van der Waals surface area contributed by atoms with Crippen LogP contribution in [0, 0.1) is 5.41 Å². The molecule has 0 spiro atoms. The van der Waals surface area contributed by atoms with Gasteiger partial charge in [0.15, 0.2) is 16.9 Å². The number of carboxylic acids is 1. The summed E-state index contributed by atoms with van der Waals surface area (Å²) in [6, 6.07) is 4.07. The number of hydrogen-bond donors (Lipinski definition) is 7. The third-order valence-corrected chi connectivity index (χ3v) is 9.84. The van der Waals surface area contributed by atoms with E-state index < -0.39 is 57.2 Å². The van der Waals surface area contributed by atoms with Crippen LogP contribution in [-0.4, -0.2) is 92.8 Å². The number of nitrogens with one attached hydrogen (secondary N) is 3. The summed E-state index contributed by atoms with van der Waals surface area (Å²) in [5, 5.41) is 30.2. The third kappa shape index (κ3) is 7.62. The van der Waals surface area contributed by atoms with Gasteiger partial charge in [-0.15, -0.1) is 15.6 Å². The highest BCUT2D eigenvalue weighted by atomic mass is 32.3. The van der Waals surface area contributed by atoms with Crippen molar-refractivity contribution in [2.45, 2.75) is 94.7 Å². The number of oxime groups is 1. The summed E-state index contributed by atoms with van der Waals surface area (Å²) >= 11 is 0.963. The number of aromatic nitrogens is 1. The number of aliphatic carboxylic acids is 1. The largest absolute Gasteiger partial charge is 0.485 e. The number of hydroxylamine groups is 2. The molecule has 3 aliphatic rings. The number of anilines is 1. The van der Waals surface area contributed by atoms with Crippen LogP contribution >= 0.6 is 11.3 Å². The Kier molecular flexibility index (Phi) is 9.90. The van der Waals surface area contributed by atoms with Gasteiger partial charge in [0.05, 0.1) is 5.54 Å². The van der Waals surface area contributed by atoms with Gasteiger partial charge >= 0.3 is 16.4 Å². The zero-order chi connectivity index (χ0) is 35.9. The first-order chi connectivity index (χ1) is 22.9. The summed E-state index contributed by atoms with van der Waals surface area (Å²) < 4.78 is 41.7. The molecular formula is C29H38N8O10S2. The van der Waals surface area contributed by atoms with Crippen molar-refractivity contribution in [1.29, 1.82) is 5.41 Å². The number of amidine groups is 1. The molecule has 1 saturated heterocycles. The number of carbonyl (C=O) groups excluding carboxylic acids is 2. The molecule has 5 rings (SSSR count). The molecule has 5 atom stereocenters. The fourth-order valence-electron chi connectivity index (χ4n) is 5.97. The molecule has 1 aromatic carbocycles. The molecule has 1 aromatic heterocycles. The normalized spacial score (nSPS) is 24.8. The van der Waals surface area contributed by atoms with E-state index in [1.807, 2.05) is 6.07 Å². The van der Waals surface area contributed by atoms with Gasteiger partial charge < -0.3 is 36.8 Å². The lowest BCUT2D eigenvalue weighted by molar-refractivity contribution is -0.218. The van der Waals surface area contributed by atoms with E-state index >= 15 is 0 Å². The SMILES string of the molecule is CC(ON=C(C(=O)NC1C(=O)N(OS(=O)(=O)O)C1(C)C)c1csc(N)n1)(C(=O)O)C1CCc2cc(C(=N)N[C@@H]3CCC[C@@H](N)C3)ccc2O1. The molecule has 1 aliphatic carbocycles. The maximum Gasteiger partial charge on any atom is 0.418 e. The van der Waals surface area contributed by atoms with Crippen molar-refractivity contribution in [3.05, 3.63) is 40.4 Å². The van der Waals surface area contributed by atoms with E-state index in [0.717, 1.165) is 42.6 Å². The Morgan fingerprint density at radius 3 is 2.61 bits per heavy atom. The number of ether oxygens (including phenoxy) is 1. The second-order valence-corrected chi connectivity index (χ2v) is 14.7. The highest BCUT2D eigenvalue weighted by Gasteiger charge is 2.58. The minimum atomic E-state index is -5.03. The van der Waals surface area contributed by atoms with Gasteiger partial charge in [0, 0.05) is 23.0 Å². The van der Waals surface area contributed by atoms with Gasteiger partial charge in [-0.3, -0.25) is 19.6 Å². The minimum absolute atomic E-state index is 0.0569. The lowest BCUT2D eigenvalue weighted by Gasteiger charge is -2.50. The van der Waals surface area contributed by atoms with E-state index in [9.17, 15) is 27.9 Å². The van der Waals surface area contributed by atoms with E-state index in [1.165, 1.54) is 26.2 Å². The summed E-state index contributed by atoms with van der Waals surface area (Å²) in [5.74, 6) is -2.80. The predicted molar refractivity (Wildman–Crippen MR) is 175 cm³/mol. The number of β-lactam (4-membered cyclic amide) rings is 1. The lowest BCUT2D eigenvalue weighted by Crippen LogP contribution is -2.76. The number of fused-ring (bicyclic) bond motifs is 1. The van der Waals surface area contributed by atoms with Crippen molar-refractivity contribution in [2.24, 2.45) is 10.9 Å². The summed E-state index contributed by atoms with van der Waals surface area (Å²) in [6.07, 6.45) is 3.19. The summed E-state index contributed by atoms with van der Waals surface area (Å²) in [4.78, 5) is 48.3. The Balaban J connectivity index is 1.32. The number of benzene rings is 1. The van der Waals surface area contributed by atoms with Gasteiger partial charge in [-0.1, -0.05) is 5.16 Å². The second-order valence-electron chi connectivity index (χ2n) is 12.8. The van der Waals surface area contributed by atoms with Crippen molar-refractivity contribution >= 4 is 56.2 Å². The van der Waals surface area contributed by atoms with Crippen LogP contribution in [0.2, 0.25) is 0 Å². The molecule has 0 bridgehead atoms. The van der Waals surface area contributed by atoms with E-state index in [0.29, 0.717) is 22.8 Å². The fraction of sp³-hybridized carbons (Fsp3) is 0.517. The summed E-state index contributed by atoms with van der Waals surface area (Å²) in [5.41, 5.74) is 9.10. The minimum Gasteiger partial charge on any atom is -0.485 e. The highest BCUT2D eigenvalue weighted by Crippen LogP contribution is 2.35. The first-order valence-corrected chi connectivity index (χ1v) is 17.6. The van der Waals surface area contributed by atoms with Crippen LogP contribution in [0.15, 0.2) is 28.7 Å². The topological polar surface area (TPSA) is 282 Å². The number of amides is 2. The molecule has 9 N–H and O–H groups in total. The van der Waals surface area contributed by atoms with Gasteiger partial charge in [0.1, 0.15) is 23.3 Å². The molecule has 3 unspecified atom stereocenters. The molecule has 2 fully saturated rings. The van der Waals surface area contributed by atoms with Crippen molar-refractivity contribution in [3.63, 3.8) is 0 Å². The number of nitrogen functional groups attached to an aromatic ring is 1. The van der Waals surface area contributed by atoms with Crippen LogP contribution in [0.5, 0.6) is 5.75 Å². The number of nitrogens with two attached hydrogens (primary N) is 2. The van der Waals surface area contributed by atoms with Crippen LogP contribution in [0.3, 0.4) is 0 Å². The summed E-state index contributed by atoms with van der Waals surface area (Å²) in [6.45, 7) is 3.98. The van der Waals surface area contributed by atoms with Gasteiger partial charge in [0.2, 0.25) is 0 Å². The number of carbonyl (C=O) groups is 3. The molecule has 18 nitrogen and oxygen atoms in total. The van der Waals surface area contributed by atoms with Crippen LogP contribution in [-0.2, 0) is 40.3 Å². The molecule has 1 saturated carbocycles. The fourth-order valence-corrected chi connectivity index (χ4v) is 6.98. The smallest absolute Gasteiger partial charge is 0.418 e. The number of thiazole rings is 1. The maximum absolute atomic E-state index is 13.5. The zero-order valence-electron chi connectivity index (χ0n) is 26.8. The molecule has 266 valence electrons. The summed E-state index contributed by atoms with van der Waals surface area (Å²) in [7, 11) is -5.03. The first-order valence-electron chi connectivity index (χ1n) is 15.3. The van der Waals surface area contributed by atoms with Crippen molar-refractivity contribution in [3.8, 4) is 5.75 Å². The van der Waals surface area contributed by atoms with E-state index in [4.69, 9.17) is 31.0 Å². The Hall–Kier alpha value is -4.37. The van der Waals surface area contributed by atoms with Crippen molar-refractivity contribution in [2.75, 3.05) is 5.73 Å². The van der Waals surface area contributed by atoms with Gasteiger partial charge in [-0.2, -0.15) is 13.5 Å². The predicted octanol–water partition coefficient (Wildman–Crippen LogP) is 0.708. The lowest BCUT2D eigenvalue weighted by atomic mass is 9.84. The number of rotatable bonds is 11. The average molecular weight is 723 g/mol. The number of hydrogen-bond acceptors (Lipinski definition) is 14. The highest BCUT2D eigenvalue weighted by molar-refractivity contribution is 7.80. The van der Waals surface area contributed by atoms with Crippen LogP contribution in [0.25, 0.3) is 0 Å². The van der Waals surface area contributed by atoms with E-state index in [1.54, 1.807) is 12.1 Å². The second kappa shape index (κ2) is 13.5. The Labute approximate surface area is 285 Å². The van der Waals surface area contributed by atoms with Crippen molar-refractivity contribution in [1.82, 2.24) is 20.7 Å². The van der Waals surface area contributed by atoms with E-state index in [2.05, 4.69) is 25.1 Å². The molecule has 2 aliphatic heterocycles. The first kappa shape index (κ1) is 35.9. The average Bonchev–Trinajstić information content (AvgIpc) is 3.46. The van der Waals surface area contributed by atoms with E-state index in [-0.39, 0.29) is 35.2 Å². The van der Waals surface area contributed by atoms with Crippen molar-refractivity contribution < 1.29 is 46.3 Å². The molecule has 0 radical (unpaired) electrons. The quantitative estimate of drug-likeness (QED) is 0.0553. The molecule has 49 heavy (non-hydrogen) atoms. The number of carboxylic acid groups (broad SMARTS) is 1. The molecule has 2 aromatic rings. The van der Waals surface area contributed by atoms with Gasteiger partial charge in [0.25, 0.3) is 17.4 Å². The van der Waals surface area contributed by atoms with Gasteiger partial charge in [-0.25, -0.2) is 9.78 Å². The van der Waals surface area contributed by atoms with Gasteiger partial charge in [-0.05, 0) is 83.1 Å². The monoisotopic (exact) mass is 722 g/mol. The third-order valence-electron chi connectivity index (χ3n) is 8.82. The number of nitrogens with zero attached hydrogens (tertiary/aromatic N) is 3. The number of aryl methyl sites for hydroxylation is 1.